The number of fused-ring (bicyclic) bond motifs is 1. The highest BCUT2D eigenvalue weighted by Gasteiger charge is 2.02. The van der Waals surface area contributed by atoms with E-state index in [0.717, 1.165) is 0 Å². The van der Waals surface area contributed by atoms with Crippen LogP contribution < -0.4 is 0 Å². The minimum Gasteiger partial charge on any atom is -0.255 e. The molecule has 2 aromatic carbocycles. The highest BCUT2D eigenvalue weighted by molar-refractivity contribution is 5.86. The minimum absolute atomic E-state index is 0.603. The first-order chi connectivity index (χ1) is 7.29. The van der Waals surface area contributed by atoms with Gasteiger partial charge in [0.25, 0.3) is 0 Å². The lowest BCUT2D eigenvalue weighted by Gasteiger charge is -2.08. The first-order valence-electron chi connectivity index (χ1n) is 4.96. The molecule has 0 aromatic heterocycles. The smallest absolute Gasteiger partial charge is 0.0149 e. The van der Waals surface area contributed by atoms with Crippen molar-refractivity contribution in [3.8, 4) is 0 Å². The van der Waals surface area contributed by atoms with Crippen LogP contribution in [0, 0.1) is 0 Å². The van der Waals surface area contributed by atoms with Gasteiger partial charge in [-0.15, -0.1) is 0 Å². The maximum atomic E-state index is 6.00. The molecule has 0 aliphatic heterocycles. The molecule has 80 valence electrons. The van der Waals surface area contributed by atoms with Crippen LogP contribution in [0.1, 0.15) is 25.3 Å². The van der Waals surface area contributed by atoms with Gasteiger partial charge < -0.3 is 0 Å². The van der Waals surface area contributed by atoms with Gasteiger partial charge in [-0.3, -0.25) is 10.5 Å². The zero-order chi connectivity index (χ0) is 11.3. The van der Waals surface area contributed by atoms with Crippen LogP contribution in [0.15, 0.2) is 42.5 Å². The van der Waals surface area contributed by atoms with E-state index >= 15 is 0 Å². The summed E-state index contributed by atoms with van der Waals surface area (Å²) in [5.41, 5.74) is 1.44. The number of hydrogen-bond donors (Lipinski definition) is 2. The van der Waals surface area contributed by atoms with Crippen molar-refractivity contribution >= 4 is 10.8 Å². The van der Waals surface area contributed by atoms with Gasteiger partial charge in [-0.25, -0.2) is 0 Å². The third kappa shape index (κ3) is 2.55. The second-order valence-electron chi connectivity index (χ2n) is 3.72. The largest absolute Gasteiger partial charge is 0.255 e. The van der Waals surface area contributed by atoms with E-state index in [9.17, 15) is 0 Å². The maximum absolute atomic E-state index is 6.00. The molecule has 0 radical (unpaired) electrons. The summed E-state index contributed by atoms with van der Waals surface area (Å²) in [5, 5.41) is 14.7. The Kier molecular flexibility index (Phi) is 4.28. The third-order valence-corrected chi connectivity index (χ3v) is 2.45. The molecule has 2 rings (SSSR count). The molecule has 0 heterocycles. The SMILES string of the molecule is CC(C)c1cccc2ccccc12.OO. The fourth-order valence-electron chi connectivity index (χ4n) is 1.75. The molecule has 2 nitrogen and oxygen atoms in total. The molecular weight excluding hydrogens is 188 g/mol. The zero-order valence-electron chi connectivity index (χ0n) is 9.01. The lowest BCUT2D eigenvalue weighted by Crippen LogP contribution is -1.88. The molecule has 0 unspecified atom stereocenters. The van der Waals surface area contributed by atoms with Gasteiger partial charge in [0.2, 0.25) is 0 Å². The Morgan fingerprint density at radius 2 is 1.47 bits per heavy atom. The van der Waals surface area contributed by atoms with Gasteiger partial charge in [0.1, 0.15) is 0 Å². The Balaban J connectivity index is 0.000000531. The summed E-state index contributed by atoms with van der Waals surface area (Å²) in [6, 6.07) is 15.1. The van der Waals surface area contributed by atoms with Crippen molar-refractivity contribution in [2.75, 3.05) is 0 Å². The predicted molar refractivity (Wildman–Crippen MR) is 63.3 cm³/mol. The molecule has 0 amide bonds. The van der Waals surface area contributed by atoms with Crippen LogP contribution in [0.4, 0.5) is 0 Å². The molecule has 0 saturated carbocycles. The van der Waals surface area contributed by atoms with Crippen LogP contribution in [0.2, 0.25) is 0 Å². The van der Waals surface area contributed by atoms with Crippen LogP contribution in [-0.2, 0) is 0 Å². The van der Waals surface area contributed by atoms with E-state index in [1.165, 1.54) is 16.3 Å². The quantitative estimate of drug-likeness (QED) is 0.545. The van der Waals surface area contributed by atoms with Crippen LogP contribution >= 0.6 is 0 Å². The van der Waals surface area contributed by atoms with E-state index in [0.29, 0.717) is 5.92 Å². The predicted octanol–water partition coefficient (Wildman–Crippen LogP) is 3.98. The van der Waals surface area contributed by atoms with Crippen molar-refractivity contribution in [2.45, 2.75) is 19.8 Å². The Hall–Kier alpha value is -1.38. The van der Waals surface area contributed by atoms with Crippen molar-refractivity contribution in [1.29, 1.82) is 0 Å². The monoisotopic (exact) mass is 204 g/mol. The summed E-state index contributed by atoms with van der Waals surface area (Å²) in [6.45, 7) is 4.48. The average Bonchev–Trinajstić information content (AvgIpc) is 2.31. The Labute approximate surface area is 89.7 Å². The molecule has 0 saturated heterocycles. The van der Waals surface area contributed by atoms with Crippen LogP contribution in [0.5, 0.6) is 0 Å². The highest BCUT2D eigenvalue weighted by atomic mass is 17.0. The van der Waals surface area contributed by atoms with E-state index < -0.39 is 0 Å². The van der Waals surface area contributed by atoms with Crippen LogP contribution in [0.25, 0.3) is 10.8 Å². The number of hydrogen-bond acceptors (Lipinski definition) is 2. The van der Waals surface area contributed by atoms with Crippen molar-refractivity contribution in [2.24, 2.45) is 0 Å². The van der Waals surface area contributed by atoms with Gasteiger partial charge >= 0.3 is 0 Å². The average molecular weight is 204 g/mol. The number of rotatable bonds is 1. The van der Waals surface area contributed by atoms with Crippen molar-refractivity contribution < 1.29 is 10.5 Å². The van der Waals surface area contributed by atoms with Crippen LogP contribution in [-0.4, -0.2) is 10.5 Å². The van der Waals surface area contributed by atoms with E-state index in [2.05, 4.69) is 56.3 Å². The van der Waals surface area contributed by atoms with E-state index in [1.807, 2.05) is 0 Å². The summed E-state index contributed by atoms with van der Waals surface area (Å²) >= 11 is 0. The second-order valence-corrected chi connectivity index (χ2v) is 3.72. The van der Waals surface area contributed by atoms with Gasteiger partial charge in [-0.1, -0.05) is 56.3 Å². The molecule has 2 N–H and O–H groups in total. The number of benzene rings is 2. The molecule has 0 atom stereocenters. The zero-order valence-corrected chi connectivity index (χ0v) is 9.01. The first kappa shape index (κ1) is 11.7. The van der Waals surface area contributed by atoms with Gasteiger partial charge in [-0.05, 0) is 22.3 Å². The first-order valence-corrected chi connectivity index (χ1v) is 4.96. The fraction of sp³-hybridized carbons (Fsp3) is 0.231. The fourth-order valence-corrected chi connectivity index (χ4v) is 1.75. The van der Waals surface area contributed by atoms with Crippen molar-refractivity contribution in [1.82, 2.24) is 0 Å². The highest BCUT2D eigenvalue weighted by Crippen LogP contribution is 2.24. The molecule has 0 spiro atoms. The lowest BCUT2D eigenvalue weighted by atomic mass is 9.96. The van der Waals surface area contributed by atoms with Crippen LogP contribution in [0.3, 0.4) is 0 Å². The van der Waals surface area contributed by atoms with E-state index in [1.54, 1.807) is 0 Å². The molecular formula is C13H16O2. The molecule has 0 aliphatic rings. The summed E-state index contributed by atoms with van der Waals surface area (Å²) in [7, 11) is 0. The summed E-state index contributed by atoms with van der Waals surface area (Å²) in [6.07, 6.45) is 0. The minimum atomic E-state index is 0.603. The molecule has 15 heavy (non-hydrogen) atoms. The molecule has 0 aliphatic carbocycles. The summed E-state index contributed by atoms with van der Waals surface area (Å²) in [4.78, 5) is 0. The Bertz CT molecular complexity index is 416. The Morgan fingerprint density at radius 3 is 2.13 bits per heavy atom. The molecule has 0 fully saturated rings. The van der Waals surface area contributed by atoms with Gasteiger partial charge in [-0.2, -0.15) is 0 Å². The third-order valence-electron chi connectivity index (χ3n) is 2.45. The van der Waals surface area contributed by atoms with Crippen molar-refractivity contribution in [3.63, 3.8) is 0 Å². The van der Waals surface area contributed by atoms with Gasteiger partial charge in [0, 0.05) is 0 Å². The Morgan fingerprint density at radius 1 is 0.867 bits per heavy atom. The maximum Gasteiger partial charge on any atom is -0.0149 e. The molecule has 2 aromatic rings. The molecule has 2 heteroatoms. The second kappa shape index (κ2) is 5.49. The van der Waals surface area contributed by atoms with Gasteiger partial charge in [0.15, 0.2) is 0 Å². The van der Waals surface area contributed by atoms with Gasteiger partial charge in [0.05, 0.1) is 0 Å². The van der Waals surface area contributed by atoms with E-state index in [4.69, 9.17) is 10.5 Å². The lowest BCUT2D eigenvalue weighted by molar-refractivity contribution is -0.176. The summed E-state index contributed by atoms with van der Waals surface area (Å²) in [5.74, 6) is 0.603. The standard InChI is InChI=1S/C13H14.H2O2/c1-10(2)12-9-5-7-11-6-3-4-8-13(11)12;1-2/h3-10H,1-2H3;1-2H. The normalized spacial score (nSPS) is 9.93. The van der Waals surface area contributed by atoms with Crippen molar-refractivity contribution in [3.05, 3.63) is 48.0 Å². The molecule has 0 bridgehead atoms. The summed E-state index contributed by atoms with van der Waals surface area (Å²) < 4.78 is 0. The van der Waals surface area contributed by atoms with E-state index in [-0.39, 0.29) is 0 Å². The topological polar surface area (TPSA) is 40.5 Å².